The summed E-state index contributed by atoms with van der Waals surface area (Å²) in [6.45, 7) is 4.34. The zero-order valence-corrected chi connectivity index (χ0v) is 8.74. The Kier molecular flexibility index (Phi) is 2.73. The van der Waals surface area contributed by atoms with Crippen molar-refractivity contribution < 1.29 is 0 Å². The first-order valence-electron chi connectivity index (χ1n) is 5.33. The van der Waals surface area contributed by atoms with E-state index in [0.717, 1.165) is 25.9 Å². The lowest BCUT2D eigenvalue weighted by molar-refractivity contribution is 0.501. The molecule has 1 heterocycles. The number of anilines is 1. The van der Waals surface area contributed by atoms with Crippen molar-refractivity contribution in [3.8, 4) is 0 Å². The lowest BCUT2D eigenvalue weighted by Gasteiger charge is -2.32. The second-order valence-electron chi connectivity index (χ2n) is 4.16. The molecule has 76 valence electrons. The summed E-state index contributed by atoms with van der Waals surface area (Å²) in [4.78, 5) is 2.43. The summed E-state index contributed by atoms with van der Waals surface area (Å²) in [5.74, 6) is 0. The molecule has 1 aliphatic rings. The van der Waals surface area contributed by atoms with E-state index < -0.39 is 0 Å². The summed E-state index contributed by atoms with van der Waals surface area (Å²) in [6, 6.07) is 9.11. The average molecular weight is 190 g/mol. The van der Waals surface area contributed by atoms with Gasteiger partial charge in [0.05, 0.1) is 0 Å². The van der Waals surface area contributed by atoms with Gasteiger partial charge in [-0.3, -0.25) is 0 Å². The normalized spacial score (nSPS) is 18.6. The summed E-state index contributed by atoms with van der Waals surface area (Å²) in [5.41, 5.74) is 8.55. The molecule has 0 atom stereocenters. The van der Waals surface area contributed by atoms with Gasteiger partial charge >= 0.3 is 0 Å². The zero-order chi connectivity index (χ0) is 9.97. The molecule has 0 saturated carbocycles. The molecule has 2 nitrogen and oxygen atoms in total. The van der Waals surface area contributed by atoms with Gasteiger partial charge in [-0.25, -0.2) is 0 Å². The topological polar surface area (TPSA) is 29.3 Å². The van der Waals surface area contributed by atoms with Crippen molar-refractivity contribution in [2.24, 2.45) is 5.73 Å². The highest BCUT2D eigenvalue weighted by Gasteiger charge is 2.15. The monoisotopic (exact) mass is 190 g/mol. The van der Waals surface area contributed by atoms with Gasteiger partial charge in [0, 0.05) is 24.8 Å². The standard InChI is InChI=1S/C12H18N2/c1-10-3-2-4-12(9-10)14-7-5-11(13)6-8-14/h2-4,9,11H,5-8,13H2,1H3. The van der Waals surface area contributed by atoms with Crippen LogP contribution in [0.3, 0.4) is 0 Å². The van der Waals surface area contributed by atoms with Crippen molar-refractivity contribution in [2.45, 2.75) is 25.8 Å². The molecule has 0 radical (unpaired) electrons. The van der Waals surface area contributed by atoms with Crippen molar-refractivity contribution in [3.63, 3.8) is 0 Å². The number of benzene rings is 1. The molecule has 1 saturated heterocycles. The van der Waals surface area contributed by atoms with Gasteiger partial charge in [-0.1, -0.05) is 12.1 Å². The van der Waals surface area contributed by atoms with Crippen LogP contribution in [0.15, 0.2) is 24.3 Å². The highest BCUT2D eigenvalue weighted by molar-refractivity contribution is 5.48. The van der Waals surface area contributed by atoms with E-state index in [0.29, 0.717) is 6.04 Å². The Hall–Kier alpha value is -1.02. The molecule has 0 amide bonds. The van der Waals surface area contributed by atoms with Crippen molar-refractivity contribution in [1.82, 2.24) is 0 Å². The molecule has 1 aromatic carbocycles. The smallest absolute Gasteiger partial charge is 0.0368 e. The molecular weight excluding hydrogens is 172 g/mol. The largest absolute Gasteiger partial charge is 0.371 e. The van der Waals surface area contributed by atoms with E-state index in [1.165, 1.54) is 11.3 Å². The number of hydrogen-bond donors (Lipinski definition) is 1. The molecule has 1 aromatic rings. The van der Waals surface area contributed by atoms with Gasteiger partial charge < -0.3 is 10.6 Å². The Bertz CT molecular complexity index is 301. The maximum Gasteiger partial charge on any atom is 0.0368 e. The fourth-order valence-corrected chi connectivity index (χ4v) is 1.98. The van der Waals surface area contributed by atoms with Gasteiger partial charge in [0.2, 0.25) is 0 Å². The first-order chi connectivity index (χ1) is 6.75. The van der Waals surface area contributed by atoms with Gasteiger partial charge in [-0.2, -0.15) is 0 Å². The van der Waals surface area contributed by atoms with Crippen LogP contribution in [0.4, 0.5) is 5.69 Å². The van der Waals surface area contributed by atoms with Crippen LogP contribution in [0.1, 0.15) is 18.4 Å². The molecule has 1 aliphatic heterocycles. The Morgan fingerprint density at radius 2 is 2.00 bits per heavy atom. The summed E-state index contributed by atoms with van der Waals surface area (Å²) in [5, 5.41) is 0. The summed E-state index contributed by atoms with van der Waals surface area (Å²) < 4.78 is 0. The Morgan fingerprint density at radius 1 is 1.29 bits per heavy atom. The van der Waals surface area contributed by atoms with Gasteiger partial charge in [0.15, 0.2) is 0 Å². The molecule has 0 spiro atoms. The fraction of sp³-hybridized carbons (Fsp3) is 0.500. The quantitative estimate of drug-likeness (QED) is 0.733. The molecule has 0 bridgehead atoms. The first kappa shape index (κ1) is 9.53. The number of piperidine rings is 1. The van der Waals surface area contributed by atoms with Crippen molar-refractivity contribution in [2.75, 3.05) is 18.0 Å². The maximum absolute atomic E-state index is 5.88. The predicted octanol–water partition coefficient (Wildman–Crippen LogP) is 1.92. The fourth-order valence-electron chi connectivity index (χ4n) is 1.98. The molecule has 2 N–H and O–H groups in total. The molecule has 2 heteroatoms. The highest BCUT2D eigenvalue weighted by atomic mass is 15.1. The first-order valence-corrected chi connectivity index (χ1v) is 5.33. The molecule has 1 fully saturated rings. The van der Waals surface area contributed by atoms with Crippen molar-refractivity contribution >= 4 is 5.69 Å². The van der Waals surface area contributed by atoms with Crippen LogP contribution >= 0.6 is 0 Å². The lowest BCUT2D eigenvalue weighted by atomic mass is 10.1. The number of nitrogens with two attached hydrogens (primary N) is 1. The minimum absolute atomic E-state index is 0.413. The number of aryl methyl sites for hydroxylation is 1. The zero-order valence-electron chi connectivity index (χ0n) is 8.74. The molecular formula is C12H18N2. The van der Waals surface area contributed by atoms with Crippen LogP contribution in [0.2, 0.25) is 0 Å². The second kappa shape index (κ2) is 4.01. The van der Waals surface area contributed by atoms with Crippen LogP contribution < -0.4 is 10.6 Å². The third-order valence-corrected chi connectivity index (χ3v) is 2.91. The van der Waals surface area contributed by atoms with Crippen LogP contribution in [0.5, 0.6) is 0 Å². The summed E-state index contributed by atoms with van der Waals surface area (Å²) >= 11 is 0. The average Bonchev–Trinajstić information content (AvgIpc) is 2.19. The van der Waals surface area contributed by atoms with E-state index in [2.05, 4.69) is 36.1 Å². The maximum atomic E-state index is 5.88. The number of nitrogens with zero attached hydrogens (tertiary/aromatic N) is 1. The van der Waals surface area contributed by atoms with E-state index in [4.69, 9.17) is 5.73 Å². The van der Waals surface area contributed by atoms with E-state index >= 15 is 0 Å². The SMILES string of the molecule is Cc1cccc(N2CCC(N)CC2)c1. The van der Waals surface area contributed by atoms with E-state index in [9.17, 15) is 0 Å². The highest BCUT2D eigenvalue weighted by Crippen LogP contribution is 2.19. The summed E-state index contributed by atoms with van der Waals surface area (Å²) in [7, 11) is 0. The number of rotatable bonds is 1. The van der Waals surface area contributed by atoms with E-state index in [-0.39, 0.29) is 0 Å². The summed E-state index contributed by atoms with van der Waals surface area (Å²) in [6.07, 6.45) is 2.24. The van der Waals surface area contributed by atoms with Gasteiger partial charge in [-0.05, 0) is 37.5 Å². The Balaban J connectivity index is 2.08. The third-order valence-electron chi connectivity index (χ3n) is 2.91. The minimum Gasteiger partial charge on any atom is -0.371 e. The predicted molar refractivity (Wildman–Crippen MR) is 60.6 cm³/mol. The molecule has 0 aliphatic carbocycles. The van der Waals surface area contributed by atoms with Gasteiger partial charge in [0.25, 0.3) is 0 Å². The van der Waals surface area contributed by atoms with Gasteiger partial charge in [0.1, 0.15) is 0 Å². The van der Waals surface area contributed by atoms with Crippen LogP contribution in [-0.4, -0.2) is 19.1 Å². The van der Waals surface area contributed by atoms with E-state index in [1.54, 1.807) is 0 Å². The van der Waals surface area contributed by atoms with Crippen LogP contribution in [0, 0.1) is 6.92 Å². The molecule has 14 heavy (non-hydrogen) atoms. The molecule has 0 aromatic heterocycles. The number of hydrogen-bond acceptors (Lipinski definition) is 2. The van der Waals surface area contributed by atoms with Crippen molar-refractivity contribution in [3.05, 3.63) is 29.8 Å². The van der Waals surface area contributed by atoms with Crippen LogP contribution in [-0.2, 0) is 0 Å². The molecule has 2 rings (SSSR count). The van der Waals surface area contributed by atoms with Crippen molar-refractivity contribution in [1.29, 1.82) is 0 Å². The van der Waals surface area contributed by atoms with Crippen LogP contribution in [0.25, 0.3) is 0 Å². The lowest BCUT2D eigenvalue weighted by Crippen LogP contribution is -2.39. The Labute approximate surface area is 85.7 Å². The van der Waals surface area contributed by atoms with Gasteiger partial charge in [-0.15, -0.1) is 0 Å². The van der Waals surface area contributed by atoms with E-state index in [1.807, 2.05) is 0 Å². The molecule has 0 unspecified atom stereocenters. The third kappa shape index (κ3) is 2.07. The second-order valence-corrected chi connectivity index (χ2v) is 4.16. The minimum atomic E-state index is 0.413. The Morgan fingerprint density at radius 3 is 2.64 bits per heavy atom.